The van der Waals surface area contributed by atoms with Crippen molar-refractivity contribution < 1.29 is 27.1 Å². The number of amides is 1. The Bertz CT molecular complexity index is 500. The number of carbonyl (C=O) groups is 1. The van der Waals surface area contributed by atoms with E-state index in [4.69, 9.17) is 0 Å². The molecule has 0 saturated heterocycles. The minimum absolute atomic E-state index is 0.0926. The van der Waals surface area contributed by atoms with Gasteiger partial charge in [0, 0.05) is 11.1 Å². The molecule has 22 heavy (non-hydrogen) atoms. The lowest BCUT2D eigenvalue weighted by Crippen LogP contribution is -2.32. The maximum absolute atomic E-state index is 12.5. The topological polar surface area (TPSA) is 51.2 Å². The van der Waals surface area contributed by atoms with Crippen molar-refractivity contribution in [1.29, 1.82) is 0 Å². The zero-order chi connectivity index (χ0) is 17.0. The van der Waals surface area contributed by atoms with Crippen LogP contribution in [0.3, 0.4) is 0 Å². The van der Waals surface area contributed by atoms with Crippen LogP contribution in [0.1, 0.15) is 32.1 Å². The molecule has 0 aliphatic heterocycles. The molecule has 1 aromatic rings. The summed E-state index contributed by atoms with van der Waals surface area (Å²) in [7, 11) is 0. The van der Waals surface area contributed by atoms with E-state index in [-0.39, 0.29) is 18.4 Å². The van der Waals surface area contributed by atoms with Gasteiger partial charge >= 0.3 is 12.3 Å². The number of aromatic nitrogens is 1. The highest BCUT2D eigenvalue weighted by Gasteiger charge is 2.40. The second-order valence-electron chi connectivity index (χ2n) is 5.69. The van der Waals surface area contributed by atoms with E-state index in [1.165, 1.54) is 11.3 Å². The molecule has 0 aliphatic rings. The van der Waals surface area contributed by atoms with Crippen LogP contribution in [0, 0.1) is 0 Å². The van der Waals surface area contributed by atoms with Gasteiger partial charge in [-0.1, -0.05) is 20.8 Å². The van der Waals surface area contributed by atoms with E-state index in [2.05, 4.69) is 15.0 Å². The van der Waals surface area contributed by atoms with Crippen molar-refractivity contribution in [3.05, 3.63) is 11.1 Å². The summed E-state index contributed by atoms with van der Waals surface area (Å²) in [4.78, 5) is 16.6. The molecule has 1 rings (SSSR count). The largest absolute Gasteiger partial charge is 0.374 e. The predicted octanol–water partition coefficient (Wildman–Crippen LogP) is 3.69. The Morgan fingerprint density at radius 3 is 2.55 bits per heavy atom. The zero-order valence-electron chi connectivity index (χ0n) is 12.5. The number of hydrogen-bond acceptors (Lipinski definition) is 4. The van der Waals surface area contributed by atoms with Gasteiger partial charge in [0.15, 0.2) is 5.13 Å². The Balaban J connectivity index is 2.34. The third-order valence-corrected chi connectivity index (χ3v) is 3.92. The van der Waals surface area contributed by atoms with Gasteiger partial charge in [0.05, 0.1) is 13.0 Å². The van der Waals surface area contributed by atoms with Crippen molar-refractivity contribution in [2.24, 2.45) is 0 Å². The molecule has 0 spiro atoms. The number of ether oxygens (including phenoxy) is 1. The quantitative estimate of drug-likeness (QED) is 0.607. The second kappa shape index (κ2) is 7.36. The van der Waals surface area contributed by atoms with Crippen molar-refractivity contribution in [2.45, 2.75) is 45.0 Å². The molecule has 0 aliphatic carbocycles. The Hall–Kier alpha value is -1.22. The lowest BCUT2D eigenvalue weighted by atomic mass is 9.96. The monoisotopic (exact) mass is 342 g/mol. The number of hydrogen-bond donors (Lipinski definition) is 1. The van der Waals surface area contributed by atoms with Gasteiger partial charge < -0.3 is 10.1 Å². The molecule has 0 unspecified atom stereocenters. The summed E-state index contributed by atoms with van der Waals surface area (Å²) >= 11 is 1.31. The fraction of sp³-hybridized carbons (Fsp3) is 0.692. The van der Waals surface area contributed by atoms with Gasteiger partial charge in [-0.05, 0) is 5.41 Å². The van der Waals surface area contributed by atoms with Gasteiger partial charge in [0.25, 0.3) is 0 Å². The number of halogens is 4. The fourth-order valence-corrected chi connectivity index (χ4v) is 2.19. The zero-order valence-corrected chi connectivity index (χ0v) is 13.3. The third kappa shape index (κ3) is 5.88. The van der Waals surface area contributed by atoms with Crippen LogP contribution in [0.4, 0.5) is 22.7 Å². The molecule has 0 fully saturated rings. The van der Waals surface area contributed by atoms with Crippen molar-refractivity contribution in [3.8, 4) is 0 Å². The first-order chi connectivity index (χ1) is 10.0. The maximum atomic E-state index is 12.5. The second-order valence-corrected chi connectivity index (χ2v) is 6.72. The number of alkyl halides is 4. The Morgan fingerprint density at radius 1 is 1.41 bits per heavy atom. The first-order valence-electron chi connectivity index (χ1n) is 6.52. The summed E-state index contributed by atoms with van der Waals surface area (Å²) in [6, 6.07) is 0. The predicted molar refractivity (Wildman–Crippen MR) is 75.8 cm³/mol. The van der Waals surface area contributed by atoms with Crippen LogP contribution in [-0.4, -0.2) is 36.5 Å². The lowest BCUT2D eigenvalue weighted by Gasteiger charge is -2.15. The average Bonchev–Trinajstić information content (AvgIpc) is 2.83. The molecular weight excluding hydrogens is 324 g/mol. The van der Waals surface area contributed by atoms with Crippen LogP contribution >= 0.6 is 11.3 Å². The van der Waals surface area contributed by atoms with Crippen LogP contribution in [0.2, 0.25) is 0 Å². The molecule has 9 heteroatoms. The average molecular weight is 342 g/mol. The molecule has 0 radical (unpaired) electrons. The van der Waals surface area contributed by atoms with Crippen LogP contribution < -0.4 is 5.32 Å². The summed E-state index contributed by atoms with van der Waals surface area (Å²) in [5, 5.41) is 2.90. The van der Waals surface area contributed by atoms with Crippen molar-refractivity contribution in [3.63, 3.8) is 0 Å². The number of thiazole rings is 1. The molecule has 0 bridgehead atoms. The third-order valence-electron chi connectivity index (χ3n) is 2.58. The first kappa shape index (κ1) is 18.8. The van der Waals surface area contributed by atoms with Crippen molar-refractivity contribution in [1.82, 2.24) is 4.98 Å². The minimum Gasteiger partial charge on any atom is -0.374 e. The van der Waals surface area contributed by atoms with Gasteiger partial charge in [-0.25, -0.2) is 13.8 Å². The van der Waals surface area contributed by atoms with Crippen LogP contribution in [0.5, 0.6) is 0 Å². The van der Waals surface area contributed by atoms with E-state index < -0.39 is 24.9 Å². The van der Waals surface area contributed by atoms with E-state index in [1.807, 2.05) is 20.8 Å². The SMILES string of the molecule is CC(C)(C)c1cnc(NC(=O)CCOCC(F)(F)C(F)F)s1. The molecule has 4 nitrogen and oxygen atoms in total. The molecular formula is C13H18F4N2O2S. The van der Waals surface area contributed by atoms with E-state index in [1.54, 1.807) is 6.20 Å². The van der Waals surface area contributed by atoms with Crippen molar-refractivity contribution >= 4 is 22.4 Å². The first-order valence-corrected chi connectivity index (χ1v) is 7.34. The summed E-state index contributed by atoms with van der Waals surface area (Å²) in [6.07, 6.45) is -2.35. The van der Waals surface area contributed by atoms with E-state index >= 15 is 0 Å². The Labute approximate surface area is 129 Å². The molecule has 0 atom stereocenters. The molecule has 0 saturated carbocycles. The molecule has 0 aromatic carbocycles. The summed E-state index contributed by atoms with van der Waals surface area (Å²) in [5.74, 6) is -4.68. The summed E-state index contributed by atoms with van der Waals surface area (Å²) in [6.45, 7) is 4.23. The molecule has 126 valence electrons. The number of nitrogens with zero attached hydrogens (tertiary/aromatic N) is 1. The smallest absolute Gasteiger partial charge is 0.330 e. The summed E-state index contributed by atoms with van der Waals surface area (Å²) < 4.78 is 53.3. The number of anilines is 1. The van der Waals surface area contributed by atoms with Crippen molar-refractivity contribution in [2.75, 3.05) is 18.5 Å². The highest BCUT2D eigenvalue weighted by Crippen LogP contribution is 2.30. The van der Waals surface area contributed by atoms with Gasteiger partial charge in [-0.3, -0.25) is 4.79 Å². The van der Waals surface area contributed by atoms with E-state index in [0.29, 0.717) is 5.13 Å². The lowest BCUT2D eigenvalue weighted by molar-refractivity contribution is -0.166. The summed E-state index contributed by atoms with van der Waals surface area (Å²) in [5.41, 5.74) is -0.0926. The Morgan fingerprint density at radius 2 is 2.05 bits per heavy atom. The van der Waals surface area contributed by atoms with Gasteiger partial charge in [0.2, 0.25) is 5.91 Å². The number of rotatable bonds is 7. The fourth-order valence-electron chi connectivity index (χ4n) is 1.30. The van der Waals surface area contributed by atoms with Crippen LogP contribution in [-0.2, 0) is 14.9 Å². The standard InChI is InChI=1S/C13H18F4N2O2S/c1-12(2,3)8-6-18-11(22-8)19-9(20)4-5-21-7-13(16,17)10(14)15/h6,10H,4-5,7H2,1-3H3,(H,18,19,20). The molecule has 1 aromatic heterocycles. The number of nitrogens with one attached hydrogen (secondary N) is 1. The van der Waals surface area contributed by atoms with E-state index in [0.717, 1.165) is 4.88 Å². The molecule has 1 heterocycles. The van der Waals surface area contributed by atoms with E-state index in [9.17, 15) is 22.4 Å². The van der Waals surface area contributed by atoms with Crippen LogP contribution in [0.15, 0.2) is 6.20 Å². The highest BCUT2D eigenvalue weighted by atomic mass is 32.1. The highest BCUT2D eigenvalue weighted by molar-refractivity contribution is 7.15. The maximum Gasteiger partial charge on any atom is 0.330 e. The molecule has 1 amide bonds. The number of carbonyl (C=O) groups excluding carboxylic acids is 1. The Kier molecular flexibility index (Phi) is 6.30. The van der Waals surface area contributed by atoms with Gasteiger partial charge in [-0.2, -0.15) is 8.78 Å². The van der Waals surface area contributed by atoms with Gasteiger partial charge in [-0.15, -0.1) is 11.3 Å². The normalized spacial score (nSPS) is 12.7. The molecule has 1 N–H and O–H groups in total. The van der Waals surface area contributed by atoms with Gasteiger partial charge in [0.1, 0.15) is 6.61 Å². The minimum atomic E-state index is -4.20. The van der Waals surface area contributed by atoms with Crippen LogP contribution in [0.25, 0.3) is 0 Å².